The summed E-state index contributed by atoms with van der Waals surface area (Å²) in [7, 11) is -2.32. The van der Waals surface area contributed by atoms with Gasteiger partial charge in [0.2, 0.25) is 0 Å². The van der Waals surface area contributed by atoms with Gasteiger partial charge in [0, 0.05) is 12.7 Å². The lowest BCUT2D eigenvalue weighted by Crippen LogP contribution is -2.31. The molecule has 0 amide bonds. The number of aromatic carboxylic acids is 1. The zero-order chi connectivity index (χ0) is 17.0. The first-order valence-electron chi connectivity index (χ1n) is 6.76. The highest BCUT2D eigenvalue weighted by Crippen LogP contribution is 2.25. The van der Waals surface area contributed by atoms with Gasteiger partial charge in [-0.1, -0.05) is 0 Å². The number of pyridine rings is 1. The van der Waals surface area contributed by atoms with Crippen LogP contribution in [0, 0.1) is 0 Å². The maximum atomic E-state index is 12.8. The minimum Gasteiger partial charge on any atom is -0.497 e. The first-order chi connectivity index (χ1) is 10.9. The molecule has 0 aliphatic heterocycles. The molecule has 0 saturated heterocycles. The highest BCUT2D eigenvalue weighted by atomic mass is 32.2. The van der Waals surface area contributed by atoms with Crippen LogP contribution in [0.1, 0.15) is 17.4 Å². The fourth-order valence-corrected chi connectivity index (χ4v) is 3.52. The van der Waals surface area contributed by atoms with Gasteiger partial charge in [-0.3, -0.25) is 4.31 Å². The molecule has 0 atom stereocenters. The predicted molar refractivity (Wildman–Crippen MR) is 84.4 cm³/mol. The third kappa shape index (κ3) is 3.42. The minimum atomic E-state index is -3.81. The Hall–Kier alpha value is -2.61. The summed E-state index contributed by atoms with van der Waals surface area (Å²) in [5, 5.41) is 9.00. The molecule has 7 nitrogen and oxygen atoms in total. The molecule has 1 aromatic carbocycles. The van der Waals surface area contributed by atoms with E-state index in [-0.39, 0.29) is 22.8 Å². The average Bonchev–Trinajstić information content (AvgIpc) is 2.55. The molecule has 23 heavy (non-hydrogen) atoms. The summed E-state index contributed by atoms with van der Waals surface area (Å²) in [5.41, 5.74) is 0.0293. The molecule has 0 fully saturated rings. The van der Waals surface area contributed by atoms with Crippen LogP contribution in [-0.2, 0) is 10.0 Å². The van der Waals surface area contributed by atoms with E-state index in [1.54, 1.807) is 19.1 Å². The molecule has 1 N–H and O–H groups in total. The molecular weight excluding hydrogens is 320 g/mol. The van der Waals surface area contributed by atoms with E-state index < -0.39 is 16.0 Å². The number of anilines is 1. The van der Waals surface area contributed by atoms with Gasteiger partial charge in [0.25, 0.3) is 10.0 Å². The molecule has 2 aromatic rings. The van der Waals surface area contributed by atoms with Crippen LogP contribution in [0.5, 0.6) is 5.75 Å². The number of nitrogens with zero attached hydrogens (tertiary/aromatic N) is 2. The monoisotopic (exact) mass is 336 g/mol. The van der Waals surface area contributed by atoms with Crippen molar-refractivity contribution in [2.45, 2.75) is 11.8 Å². The van der Waals surface area contributed by atoms with Crippen molar-refractivity contribution < 1.29 is 23.1 Å². The molecule has 0 spiro atoms. The minimum absolute atomic E-state index is 0.0915. The fourth-order valence-electron chi connectivity index (χ4n) is 2.06. The van der Waals surface area contributed by atoms with Gasteiger partial charge < -0.3 is 9.84 Å². The summed E-state index contributed by atoms with van der Waals surface area (Å²) in [6.07, 6.45) is 1.27. The second kappa shape index (κ2) is 6.66. The highest BCUT2D eigenvalue weighted by molar-refractivity contribution is 7.92. The second-order valence-corrected chi connectivity index (χ2v) is 6.41. The number of ether oxygens (including phenoxy) is 1. The number of carboxylic acids is 1. The van der Waals surface area contributed by atoms with Crippen LogP contribution < -0.4 is 9.04 Å². The topological polar surface area (TPSA) is 96.8 Å². The Morgan fingerprint density at radius 1 is 1.26 bits per heavy atom. The van der Waals surface area contributed by atoms with Crippen molar-refractivity contribution >= 4 is 21.7 Å². The lowest BCUT2D eigenvalue weighted by Gasteiger charge is -2.23. The van der Waals surface area contributed by atoms with Crippen molar-refractivity contribution in [3.05, 3.63) is 48.3 Å². The van der Waals surface area contributed by atoms with E-state index in [0.29, 0.717) is 5.75 Å². The normalized spacial score (nSPS) is 11.0. The molecule has 1 aromatic heterocycles. The Labute approximate surface area is 134 Å². The number of benzene rings is 1. The van der Waals surface area contributed by atoms with Crippen LogP contribution in [0.2, 0.25) is 0 Å². The Morgan fingerprint density at radius 2 is 1.91 bits per heavy atom. The number of rotatable bonds is 6. The Morgan fingerprint density at radius 3 is 2.43 bits per heavy atom. The number of hydrogen-bond acceptors (Lipinski definition) is 5. The van der Waals surface area contributed by atoms with Crippen LogP contribution in [0.3, 0.4) is 0 Å². The van der Waals surface area contributed by atoms with Gasteiger partial charge in [0.05, 0.1) is 17.7 Å². The molecule has 8 heteroatoms. The first-order valence-corrected chi connectivity index (χ1v) is 8.20. The second-order valence-electron chi connectivity index (χ2n) is 4.55. The fraction of sp³-hybridized carbons (Fsp3) is 0.200. The van der Waals surface area contributed by atoms with Crippen molar-refractivity contribution in [1.29, 1.82) is 0 Å². The third-order valence-electron chi connectivity index (χ3n) is 3.19. The molecular formula is C15H16N2O5S. The molecule has 1 heterocycles. The third-order valence-corrected chi connectivity index (χ3v) is 5.10. The van der Waals surface area contributed by atoms with Crippen molar-refractivity contribution in [3.8, 4) is 5.75 Å². The molecule has 0 unspecified atom stereocenters. The Bertz CT molecular complexity index is 803. The van der Waals surface area contributed by atoms with Crippen molar-refractivity contribution in [2.24, 2.45) is 0 Å². The Balaban J connectivity index is 2.46. The smallest absolute Gasteiger partial charge is 0.354 e. The summed E-state index contributed by atoms with van der Waals surface area (Å²) in [6.45, 7) is 1.82. The Kier molecular flexibility index (Phi) is 4.85. The van der Waals surface area contributed by atoms with Gasteiger partial charge in [-0.25, -0.2) is 18.2 Å². The lowest BCUT2D eigenvalue weighted by atomic mass is 10.3. The van der Waals surface area contributed by atoms with Gasteiger partial charge >= 0.3 is 5.97 Å². The largest absolute Gasteiger partial charge is 0.497 e. The van der Waals surface area contributed by atoms with E-state index in [1.165, 1.54) is 37.6 Å². The van der Waals surface area contributed by atoms with Crippen molar-refractivity contribution in [1.82, 2.24) is 4.98 Å². The van der Waals surface area contributed by atoms with Crippen LogP contribution in [0.4, 0.5) is 5.69 Å². The maximum Gasteiger partial charge on any atom is 0.354 e. The van der Waals surface area contributed by atoms with E-state index in [0.717, 1.165) is 4.31 Å². The molecule has 0 radical (unpaired) electrons. The zero-order valence-corrected chi connectivity index (χ0v) is 13.4. The quantitative estimate of drug-likeness (QED) is 0.866. The summed E-state index contributed by atoms with van der Waals surface area (Å²) in [4.78, 5) is 14.8. The number of carboxylic acid groups (broad SMARTS) is 1. The van der Waals surface area contributed by atoms with E-state index in [2.05, 4.69) is 4.98 Å². The van der Waals surface area contributed by atoms with Gasteiger partial charge in [-0.05, 0) is 43.3 Å². The van der Waals surface area contributed by atoms with Crippen LogP contribution in [-0.4, -0.2) is 38.1 Å². The molecule has 0 aliphatic rings. The van der Waals surface area contributed by atoms with E-state index in [9.17, 15) is 13.2 Å². The van der Waals surface area contributed by atoms with Crippen LogP contribution in [0.25, 0.3) is 0 Å². The zero-order valence-electron chi connectivity index (χ0n) is 12.6. The molecule has 0 aliphatic carbocycles. The summed E-state index contributed by atoms with van der Waals surface area (Å²) < 4.78 is 31.7. The summed E-state index contributed by atoms with van der Waals surface area (Å²) in [6, 6.07) is 8.67. The van der Waals surface area contributed by atoms with E-state index >= 15 is 0 Å². The van der Waals surface area contributed by atoms with Crippen molar-refractivity contribution in [3.63, 3.8) is 0 Å². The average molecular weight is 336 g/mol. The first kappa shape index (κ1) is 16.8. The number of carbonyl (C=O) groups is 1. The summed E-state index contributed by atoms with van der Waals surface area (Å²) in [5.74, 6) is -0.672. The SMILES string of the molecule is CCN(c1ccnc(C(=O)O)c1)S(=O)(=O)c1ccc(OC)cc1. The van der Waals surface area contributed by atoms with Gasteiger partial charge in [0.15, 0.2) is 0 Å². The number of methoxy groups -OCH3 is 1. The highest BCUT2D eigenvalue weighted by Gasteiger charge is 2.24. The van der Waals surface area contributed by atoms with E-state index in [1.807, 2.05) is 0 Å². The number of aromatic nitrogens is 1. The van der Waals surface area contributed by atoms with E-state index in [4.69, 9.17) is 9.84 Å². The molecule has 2 rings (SSSR count). The van der Waals surface area contributed by atoms with Gasteiger partial charge in [0.1, 0.15) is 11.4 Å². The standard InChI is InChI=1S/C15H16N2O5S/c1-3-17(11-8-9-16-14(10-11)15(18)19)23(20,21)13-6-4-12(22-2)5-7-13/h4-10H,3H2,1-2H3,(H,18,19). The lowest BCUT2D eigenvalue weighted by molar-refractivity contribution is 0.0690. The maximum absolute atomic E-state index is 12.8. The number of sulfonamides is 1. The molecule has 0 bridgehead atoms. The van der Waals surface area contributed by atoms with Gasteiger partial charge in [-0.2, -0.15) is 0 Å². The number of hydrogen-bond donors (Lipinski definition) is 1. The van der Waals surface area contributed by atoms with Gasteiger partial charge in [-0.15, -0.1) is 0 Å². The molecule has 122 valence electrons. The van der Waals surface area contributed by atoms with Crippen LogP contribution >= 0.6 is 0 Å². The predicted octanol–water partition coefficient (Wildman–Crippen LogP) is 2.00. The van der Waals surface area contributed by atoms with Crippen molar-refractivity contribution in [2.75, 3.05) is 18.0 Å². The summed E-state index contributed by atoms with van der Waals surface area (Å²) >= 11 is 0. The van der Waals surface area contributed by atoms with Crippen LogP contribution in [0.15, 0.2) is 47.5 Å². The molecule has 0 saturated carbocycles.